The van der Waals surface area contributed by atoms with Crippen molar-refractivity contribution in [2.45, 2.75) is 31.5 Å². The number of rotatable bonds is 4. The van der Waals surface area contributed by atoms with Gasteiger partial charge in [0.1, 0.15) is 17.3 Å². The summed E-state index contributed by atoms with van der Waals surface area (Å²) in [6.45, 7) is 4.73. The minimum atomic E-state index is -0.117. The van der Waals surface area contributed by atoms with Crippen LogP contribution < -0.4 is 10.6 Å². The van der Waals surface area contributed by atoms with Crippen LogP contribution in [0.3, 0.4) is 0 Å². The molecule has 0 saturated carbocycles. The third-order valence-electron chi connectivity index (χ3n) is 10.9. The topological polar surface area (TPSA) is 37.2 Å². The van der Waals surface area contributed by atoms with Crippen LogP contribution in [0, 0.1) is 0 Å². The van der Waals surface area contributed by atoms with Crippen molar-refractivity contribution in [1.82, 2.24) is 10.6 Å². The lowest BCUT2D eigenvalue weighted by molar-refractivity contribution is 0.443. The van der Waals surface area contributed by atoms with Crippen LogP contribution in [0.15, 0.2) is 162 Å². The Morgan fingerprint density at radius 1 is 0.560 bits per heavy atom. The molecule has 50 heavy (non-hydrogen) atoms. The second-order valence-electron chi connectivity index (χ2n) is 14.2. The molecule has 0 bridgehead atoms. The quantitative estimate of drug-likeness (QED) is 0.200. The molecule has 0 fully saturated rings. The van der Waals surface area contributed by atoms with Gasteiger partial charge in [-0.3, -0.25) is 5.32 Å². The molecule has 8 aromatic rings. The van der Waals surface area contributed by atoms with Gasteiger partial charge in [-0.25, -0.2) is 0 Å². The van der Waals surface area contributed by atoms with Crippen LogP contribution >= 0.6 is 0 Å². The molecule has 2 unspecified atom stereocenters. The number of benzene rings is 7. The predicted octanol–water partition coefficient (Wildman–Crippen LogP) is 11.7. The van der Waals surface area contributed by atoms with Crippen molar-refractivity contribution in [3.8, 4) is 22.3 Å². The van der Waals surface area contributed by atoms with E-state index in [1.54, 1.807) is 0 Å². The van der Waals surface area contributed by atoms with Crippen LogP contribution in [0.25, 0.3) is 60.7 Å². The van der Waals surface area contributed by atoms with Gasteiger partial charge in [-0.1, -0.05) is 135 Å². The van der Waals surface area contributed by atoms with Gasteiger partial charge in [0, 0.05) is 33.0 Å². The highest BCUT2D eigenvalue weighted by Gasteiger charge is 2.38. The molecule has 0 radical (unpaired) electrons. The smallest absolute Gasteiger partial charge is 0.143 e. The first kappa shape index (κ1) is 29.1. The predicted molar refractivity (Wildman–Crippen MR) is 207 cm³/mol. The lowest BCUT2D eigenvalue weighted by Gasteiger charge is -2.34. The molecule has 0 saturated heterocycles. The summed E-state index contributed by atoms with van der Waals surface area (Å²) in [5.74, 6) is 0. The van der Waals surface area contributed by atoms with Crippen molar-refractivity contribution >= 4 is 38.4 Å². The number of hydrogen-bond acceptors (Lipinski definition) is 3. The highest BCUT2D eigenvalue weighted by Crippen LogP contribution is 2.52. The summed E-state index contributed by atoms with van der Waals surface area (Å²) in [6, 6.07) is 54.7. The molecule has 3 heteroatoms. The molecule has 0 amide bonds. The summed E-state index contributed by atoms with van der Waals surface area (Å²) >= 11 is 0. The summed E-state index contributed by atoms with van der Waals surface area (Å²) in [5, 5.41) is 12.7. The van der Waals surface area contributed by atoms with Gasteiger partial charge in [0.25, 0.3) is 0 Å². The lowest BCUT2D eigenvalue weighted by Crippen LogP contribution is -2.39. The van der Waals surface area contributed by atoms with E-state index in [9.17, 15) is 0 Å². The minimum absolute atomic E-state index is 0.0710. The molecule has 1 aliphatic heterocycles. The average Bonchev–Trinajstić information content (AvgIpc) is 3.66. The Bertz CT molecular complexity index is 2630. The third kappa shape index (κ3) is 4.47. The van der Waals surface area contributed by atoms with E-state index in [1.807, 2.05) is 6.07 Å². The molecule has 7 aromatic carbocycles. The van der Waals surface area contributed by atoms with Crippen LogP contribution in [-0.4, -0.2) is 0 Å². The van der Waals surface area contributed by atoms with E-state index in [2.05, 4.69) is 176 Å². The Hall–Kier alpha value is -5.90. The maximum Gasteiger partial charge on any atom is 0.143 e. The van der Waals surface area contributed by atoms with Crippen molar-refractivity contribution in [2.75, 3.05) is 0 Å². The number of hydrogen-bond donors (Lipinski definition) is 2. The number of furan rings is 1. The lowest BCUT2D eigenvalue weighted by atomic mass is 9.81. The SMILES string of the molecule is CC1(C)c2cc3ccccc3cc2-c2c(C3=CC(c4cc(-c5ccccc5)c5oc6ccccc6c5c4)NC(c4ccccc4)N3)cccc21. The second-order valence-corrected chi connectivity index (χ2v) is 14.2. The molecule has 2 N–H and O–H groups in total. The normalized spacial score (nSPS) is 17.8. The highest BCUT2D eigenvalue weighted by atomic mass is 16.3. The zero-order valence-electron chi connectivity index (χ0n) is 28.1. The van der Waals surface area contributed by atoms with E-state index in [-0.39, 0.29) is 17.6 Å². The molecule has 1 aliphatic carbocycles. The van der Waals surface area contributed by atoms with Crippen molar-refractivity contribution in [2.24, 2.45) is 0 Å². The van der Waals surface area contributed by atoms with E-state index in [1.165, 1.54) is 49.7 Å². The first-order chi connectivity index (χ1) is 24.5. The molecule has 2 atom stereocenters. The van der Waals surface area contributed by atoms with E-state index in [0.717, 1.165) is 38.8 Å². The maximum atomic E-state index is 6.55. The van der Waals surface area contributed by atoms with E-state index < -0.39 is 0 Å². The van der Waals surface area contributed by atoms with Crippen molar-refractivity contribution in [3.05, 3.63) is 186 Å². The second kappa shape index (κ2) is 11.1. The van der Waals surface area contributed by atoms with E-state index in [0.29, 0.717) is 0 Å². The average molecular weight is 645 g/mol. The Morgan fingerprint density at radius 3 is 2.10 bits per heavy atom. The summed E-state index contributed by atoms with van der Waals surface area (Å²) < 4.78 is 6.55. The summed E-state index contributed by atoms with van der Waals surface area (Å²) in [6.07, 6.45) is 2.29. The van der Waals surface area contributed by atoms with Crippen molar-refractivity contribution in [1.29, 1.82) is 0 Å². The van der Waals surface area contributed by atoms with Gasteiger partial charge < -0.3 is 9.73 Å². The molecule has 240 valence electrons. The van der Waals surface area contributed by atoms with E-state index in [4.69, 9.17) is 4.42 Å². The van der Waals surface area contributed by atoms with Gasteiger partial charge in [0.2, 0.25) is 0 Å². The van der Waals surface area contributed by atoms with Gasteiger partial charge in [-0.05, 0) is 86.1 Å². The summed E-state index contributed by atoms with van der Waals surface area (Å²) in [7, 11) is 0. The van der Waals surface area contributed by atoms with Crippen LogP contribution in [0.1, 0.15) is 53.9 Å². The van der Waals surface area contributed by atoms with Crippen LogP contribution in [-0.2, 0) is 5.41 Å². The number of fused-ring (bicyclic) bond motifs is 7. The van der Waals surface area contributed by atoms with Crippen LogP contribution in [0.2, 0.25) is 0 Å². The molecule has 10 rings (SSSR count). The Morgan fingerprint density at radius 2 is 1.28 bits per heavy atom. The fourth-order valence-electron chi connectivity index (χ4n) is 8.38. The van der Waals surface area contributed by atoms with Crippen LogP contribution in [0.5, 0.6) is 0 Å². The number of nitrogens with one attached hydrogen (secondary N) is 2. The summed E-state index contributed by atoms with van der Waals surface area (Å²) in [5.41, 5.74) is 14.1. The number of para-hydroxylation sites is 1. The third-order valence-corrected chi connectivity index (χ3v) is 10.9. The Labute approximate surface area is 291 Å². The zero-order chi connectivity index (χ0) is 33.4. The first-order valence-corrected chi connectivity index (χ1v) is 17.5. The highest BCUT2D eigenvalue weighted by molar-refractivity contribution is 6.10. The standard InChI is InChI=1S/C47H36N2O/c1-47(2)39-22-13-21-35(44(39)38-24-31-18-9-10-19-32(31)27-40(38)47)42-28-41(48-46(49-42)30-16-7-4-8-17-30)33-25-36(29-14-5-3-6-15-29)45-37(26-33)34-20-11-12-23-43(34)50-45/h3-28,41,46,48-49H,1-2H3. The van der Waals surface area contributed by atoms with Gasteiger partial charge in [0.05, 0.1) is 6.04 Å². The molecular weight excluding hydrogens is 609 g/mol. The molecule has 0 spiro atoms. The Kier molecular flexibility index (Phi) is 6.43. The van der Waals surface area contributed by atoms with E-state index >= 15 is 0 Å². The summed E-state index contributed by atoms with van der Waals surface area (Å²) in [4.78, 5) is 0. The molecule has 1 aromatic heterocycles. The monoisotopic (exact) mass is 644 g/mol. The van der Waals surface area contributed by atoms with Crippen LogP contribution in [0.4, 0.5) is 0 Å². The first-order valence-electron chi connectivity index (χ1n) is 17.5. The zero-order valence-corrected chi connectivity index (χ0v) is 28.1. The fourth-order valence-corrected chi connectivity index (χ4v) is 8.38. The Balaban J connectivity index is 1.20. The fraction of sp³-hybridized carbons (Fsp3) is 0.106. The van der Waals surface area contributed by atoms with Gasteiger partial charge in [0.15, 0.2) is 0 Å². The van der Waals surface area contributed by atoms with Gasteiger partial charge >= 0.3 is 0 Å². The van der Waals surface area contributed by atoms with Crippen molar-refractivity contribution in [3.63, 3.8) is 0 Å². The largest absolute Gasteiger partial charge is 0.455 e. The molecule has 2 aliphatic rings. The van der Waals surface area contributed by atoms with Gasteiger partial charge in [-0.2, -0.15) is 0 Å². The van der Waals surface area contributed by atoms with Crippen molar-refractivity contribution < 1.29 is 4.42 Å². The maximum absolute atomic E-state index is 6.55. The molecular formula is C47H36N2O. The van der Waals surface area contributed by atoms with Gasteiger partial charge in [-0.15, -0.1) is 0 Å². The molecule has 2 heterocycles. The molecule has 3 nitrogen and oxygen atoms in total. The minimum Gasteiger partial charge on any atom is -0.455 e.